The Balaban J connectivity index is 1.36. The lowest BCUT2D eigenvalue weighted by molar-refractivity contribution is 0.108. The smallest absolute Gasteiger partial charge is 0.243 e. The number of hydrogen-bond donors (Lipinski definition) is 0. The Morgan fingerprint density at radius 3 is 2.08 bits per heavy atom. The molecule has 2 aromatic rings. The quantitative estimate of drug-likeness (QED) is 0.497. The van der Waals surface area contributed by atoms with Crippen LogP contribution in [0.25, 0.3) is 0 Å². The van der Waals surface area contributed by atoms with E-state index in [-0.39, 0.29) is 9.79 Å². The fourth-order valence-electron chi connectivity index (χ4n) is 5.21. The predicted molar refractivity (Wildman–Crippen MR) is 142 cm³/mol. The normalized spacial score (nSPS) is 20.1. The number of benzene rings is 2. The Morgan fingerprint density at radius 2 is 1.41 bits per heavy atom. The summed E-state index contributed by atoms with van der Waals surface area (Å²) in [6.45, 7) is 4.45. The molecule has 0 bridgehead atoms. The molecule has 0 N–H and O–H groups in total. The van der Waals surface area contributed by atoms with E-state index < -0.39 is 29.7 Å². The van der Waals surface area contributed by atoms with Crippen molar-refractivity contribution in [3.05, 3.63) is 54.1 Å². The van der Waals surface area contributed by atoms with Gasteiger partial charge in [-0.3, -0.25) is 9.80 Å². The molecule has 0 radical (unpaired) electrons. The van der Waals surface area contributed by atoms with Gasteiger partial charge in [-0.15, -0.1) is 0 Å². The highest BCUT2D eigenvalue weighted by Gasteiger charge is 2.31. The first-order chi connectivity index (χ1) is 17.4. The van der Waals surface area contributed by atoms with Crippen LogP contribution in [0.4, 0.5) is 0 Å². The molecule has 2 saturated heterocycles. The molecule has 0 unspecified atom stereocenters. The molecule has 204 valence electrons. The highest BCUT2D eigenvalue weighted by molar-refractivity contribution is 7.91. The SMILES string of the molecule is CS(=O)(=O)c1cccc(S(=O)(=O)N2CCCN(C3CCN(Cc4ccccc4S(C)(=O)=O)CC3)CC2)c1. The number of likely N-dealkylation sites (tertiary alicyclic amines) is 1. The summed E-state index contributed by atoms with van der Waals surface area (Å²) < 4.78 is 76.1. The Hall–Kier alpha value is -1.83. The van der Waals surface area contributed by atoms with E-state index in [0.29, 0.717) is 43.5 Å². The third kappa shape index (κ3) is 6.79. The molecule has 2 aliphatic rings. The van der Waals surface area contributed by atoms with Crippen molar-refractivity contribution in [2.45, 2.75) is 46.5 Å². The van der Waals surface area contributed by atoms with Crippen LogP contribution in [0, 0.1) is 0 Å². The second-order valence-electron chi connectivity index (χ2n) is 9.93. The first-order valence-corrected chi connectivity index (χ1v) is 17.6. The van der Waals surface area contributed by atoms with Gasteiger partial charge >= 0.3 is 0 Å². The van der Waals surface area contributed by atoms with Gasteiger partial charge in [-0.05, 0) is 68.7 Å². The third-order valence-corrected chi connectivity index (χ3v) is 11.4. The van der Waals surface area contributed by atoms with E-state index in [1.165, 1.54) is 34.8 Å². The van der Waals surface area contributed by atoms with Crippen LogP contribution in [0.3, 0.4) is 0 Å². The summed E-state index contributed by atoms with van der Waals surface area (Å²) in [5, 5.41) is 0. The second kappa shape index (κ2) is 11.1. The molecule has 0 aromatic heterocycles. The number of nitrogens with zero attached hydrogens (tertiary/aromatic N) is 3. The minimum atomic E-state index is -3.80. The van der Waals surface area contributed by atoms with Gasteiger partial charge in [0.25, 0.3) is 0 Å². The summed E-state index contributed by atoms with van der Waals surface area (Å²) in [6, 6.07) is 13.1. The van der Waals surface area contributed by atoms with Gasteiger partial charge in [-0.25, -0.2) is 25.3 Å². The zero-order chi connectivity index (χ0) is 26.8. The number of rotatable bonds is 7. The van der Waals surface area contributed by atoms with Crippen LogP contribution in [0.2, 0.25) is 0 Å². The minimum absolute atomic E-state index is 0.00376. The number of hydrogen-bond acceptors (Lipinski definition) is 8. The standard InChI is InChI=1S/C25H35N3O6S3/c1-35(29,30)23-8-5-9-24(19-23)37(33,34)28-14-6-13-27(17-18-28)22-11-15-26(16-12-22)20-21-7-3-4-10-25(21)36(2,31)32/h3-5,7-10,19,22H,6,11-18,20H2,1-2H3. The van der Waals surface area contributed by atoms with Gasteiger partial charge in [0, 0.05) is 44.7 Å². The van der Waals surface area contributed by atoms with Gasteiger partial charge in [0.1, 0.15) is 0 Å². The van der Waals surface area contributed by atoms with E-state index in [9.17, 15) is 25.3 Å². The van der Waals surface area contributed by atoms with Crippen molar-refractivity contribution in [1.29, 1.82) is 0 Å². The van der Waals surface area contributed by atoms with Crippen molar-refractivity contribution >= 4 is 29.7 Å². The number of piperidine rings is 1. The molecule has 2 aromatic carbocycles. The molecule has 0 saturated carbocycles. The van der Waals surface area contributed by atoms with Crippen LogP contribution in [-0.4, -0.2) is 97.2 Å². The van der Waals surface area contributed by atoms with Gasteiger partial charge in [0.2, 0.25) is 10.0 Å². The summed E-state index contributed by atoms with van der Waals surface area (Å²) in [4.78, 5) is 5.03. The molecular formula is C25H35N3O6S3. The molecular weight excluding hydrogens is 534 g/mol. The highest BCUT2D eigenvalue weighted by Crippen LogP contribution is 2.25. The predicted octanol–water partition coefficient (Wildman–Crippen LogP) is 1.85. The van der Waals surface area contributed by atoms with Crippen molar-refractivity contribution < 1.29 is 25.3 Å². The number of sulfonamides is 1. The topological polar surface area (TPSA) is 112 Å². The van der Waals surface area contributed by atoms with E-state index in [2.05, 4.69) is 9.80 Å². The molecule has 0 aliphatic carbocycles. The van der Waals surface area contributed by atoms with Crippen molar-refractivity contribution in [3.63, 3.8) is 0 Å². The van der Waals surface area contributed by atoms with E-state index in [0.717, 1.165) is 44.3 Å². The lowest BCUT2D eigenvalue weighted by Crippen LogP contribution is -2.46. The summed E-state index contributed by atoms with van der Waals surface area (Å²) in [7, 11) is -10.6. The van der Waals surface area contributed by atoms with Gasteiger partial charge in [-0.2, -0.15) is 4.31 Å². The minimum Gasteiger partial charge on any atom is -0.299 e. The van der Waals surface area contributed by atoms with Gasteiger partial charge in [0.15, 0.2) is 19.7 Å². The van der Waals surface area contributed by atoms with Crippen molar-refractivity contribution in [3.8, 4) is 0 Å². The van der Waals surface area contributed by atoms with Crippen LogP contribution in [-0.2, 0) is 36.2 Å². The maximum absolute atomic E-state index is 13.3. The Bertz CT molecular complexity index is 1430. The molecule has 0 amide bonds. The fourth-order valence-corrected chi connectivity index (χ4v) is 8.41. The van der Waals surface area contributed by atoms with E-state index in [4.69, 9.17) is 0 Å². The van der Waals surface area contributed by atoms with Crippen LogP contribution >= 0.6 is 0 Å². The Morgan fingerprint density at radius 1 is 0.730 bits per heavy atom. The Labute approximate surface area is 221 Å². The first kappa shape index (κ1) is 28.2. The molecule has 2 heterocycles. The lowest BCUT2D eigenvalue weighted by atomic mass is 10.0. The van der Waals surface area contributed by atoms with Crippen LogP contribution in [0.5, 0.6) is 0 Å². The largest absolute Gasteiger partial charge is 0.299 e. The average Bonchev–Trinajstić information content (AvgIpc) is 3.11. The van der Waals surface area contributed by atoms with Crippen molar-refractivity contribution in [2.75, 3.05) is 51.8 Å². The van der Waals surface area contributed by atoms with Crippen LogP contribution < -0.4 is 0 Å². The maximum atomic E-state index is 13.3. The first-order valence-electron chi connectivity index (χ1n) is 12.4. The molecule has 37 heavy (non-hydrogen) atoms. The highest BCUT2D eigenvalue weighted by atomic mass is 32.2. The lowest BCUT2D eigenvalue weighted by Gasteiger charge is -2.38. The van der Waals surface area contributed by atoms with E-state index in [1.54, 1.807) is 12.1 Å². The summed E-state index contributed by atoms with van der Waals surface area (Å²) in [5.41, 5.74) is 0.819. The second-order valence-corrected chi connectivity index (χ2v) is 15.9. The monoisotopic (exact) mass is 569 g/mol. The summed E-state index contributed by atoms with van der Waals surface area (Å²) in [6.07, 6.45) is 4.88. The zero-order valence-electron chi connectivity index (χ0n) is 21.3. The molecule has 9 nitrogen and oxygen atoms in total. The average molecular weight is 570 g/mol. The molecule has 2 aliphatic heterocycles. The van der Waals surface area contributed by atoms with Crippen molar-refractivity contribution in [2.24, 2.45) is 0 Å². The molecule has 2 fully saturated rings. The van der Waals surface area contributed by atoms with Crippen molar-refractivity contribution in [1.82, 2.24) is 14.1 Å². The van der Waals surface area contributed by atoms with E-state index in [1.807, 2.05) is 12.1 Å². The van der Waals surface area contributed by atoms with Crippen LogP contribution in [0.15, 0.2) is 63.2 Å². The maximum Gasteiger partial charge on any atom is 0.243 e. The van der Waals surface area contributed by atoms with E-state index >= 15 is 0 Å². The van der Waals surface area contributed by atoms with Gasteiger partial charge < -0.3 is 0 Å². The number of sulfone groups is 2. The van der Waals surface area contributed by atoms with Crippen LogP contribution in [0.1, 0.15) is 24.8 Å². The zero-order valence-corrected chi connectivity index (χ0v) is 23.7. The van der Waals surface area contributed by atoms with Gasteiger partial charge in [0.05, 0.1) is 14.7 Å². The molecule has 4 rings (SSSR count). The molecule has 0 atom stereocenters. The summed E-state index contributed by atoms with van der Waals surface area (Å²) >= 11 is 0. The molecule has 0 spiro atoms. The Kier molecular flexibility index (Phi) is 8.46. The fraction of sp³-hybridized carbons (Fsp3) is 0.520. The van der Waals surface area contributed by atoms with Gasteiger partial charge in [-0.1, -0.05) is 24.3 Å². The molecule has 12 heteroatoms. The summed E-state index contributed by atoms with van der Waals surface area (Å²) in [5.74, 6) is 0. The third-order valence-electron chi connectivity index (χ3n) is 7.20.